The van der Waals surface area contributed by atoms with E-state index in [1.54, 1.807) is 5.57 Å². The van der Waals surface area contributed by atoms with E-state index < -0.39 is 0 Å². The van der Waals surface area contributed by atoms with Gasteiger partial charge in [0.25, 0.3) is 0 Å². The molecule has 0 unspecified atom stereocenters. The lowest BCUT2D eigenvalue weighted by Gasteiger charge is -2.34. The van der Waals surface area contributed by atoms with Gasteiger partial charge in [-0.25, -0.2) is 0 Å². The van der Waals surface area contributed by atoms with E-state index in [4.69, 9.17) is 0 Å². The van der Waals surface area contributed by atoms with E-state index in [-0.39, 0.29) is 0 Å². The largest absolute Gasteiger partial charge is 0.316 e. The SMILES string of the molecule is CC(C)(C)C1=CCN(CCC2CNC2)CC1. The Hall–Kier alpha value is -0.340. The monoisotopic (exact) mass is 222 g/mol. The van der Waals surface area contributed by atoms with Gasteiger partial charge in [-0.1, -0.05) is 32.4 Å². The van der Waals surface area contributed by atoms with Crippen LogP contribution in [0, 0.1) is 11.3 Å². The first-order chi connectivity index (χ1) is 7.55. The van der Waals surface area contributed by atoms with Gasteiger partial charge in [0.2, 0.25) is 0 Å². The van der Waals surface area contributed by atoms with Crippen LogP contribution in [0.3, 0.4) is 0 Å². The molecular formula is C14H26N2. The molecule has 0 aromatic heterocycles. The molecule has 0 amide bonds. The van der Waals surface area contributed by atoms with Gasteiger partial charge in [-0.05, 0) is 43.8 Å². The van der Waals surface area contributed by atoms with E-state index >= 15 is 0 Å². The van der Waals surface area contributed by atoms with Crippen molar-refractivity contribution >= 4 is 0 Å². The van der Waals surface area contributed by atoms with Gasteiger partial charge in [0.05, 0.1) is 0 Å². The molecule has 2 aliphatic heterocycles. The van der Waals surface area contributed by atoms with Crippen molar-refractivity contribution in [3.63, 3.8) is 0 Å². The molecule has 0 aromatic rings. The smallest absolute Gasteiger partial charge is 0.0166 e. The number of rotatable bonds is 3. The molecular weight excluding hydrogens is 196 g/mol. The van der Waals surface area contributed by atoms with Crippen LogP contribution >= 0.6 is 0 Å². The van der Waals surface area contributed by atoms with Crippen molar-refractivity contribution in [3.8, 4) is 0 Å². The fourth-order valence-electron chi connectivity index (χ4n) is 2.51. The molecule has 2 aliphatic rings. The van der Waals surface area contributed by atoms with E-state index in [1.165, 1.54) is 45.6 Å². The third-order valence-electron chi connectivity index (χ3n) is 3.98. The van der Waals surface area contributed by atoms with Crippen molar-refractivity contribution in [2.45, 2.75) is 33.6 Å². The van der Waals surface area contributed by atoms with Crippen LogP contribution in [0.15, 0.2) is 11.6 Å². The van der Waals surface area contributed by atoms with Crippen LogP contribution < -0.4 is 5.32 Å². The van der Waals surface area contributed by atoms with E-state index in [1.807, 2.05) is 0 Å². The molecule has 1 fully saturated rings. The summed E-state index contributed by atoms with van der Waals surface area (Å²) in [5, 5.41) is 3.35. The van der Waals surface area contributed by atoms with Crippen LogP contribution in [-0.4, -0.2) is 37.6 Å². The van der Waals surface area contributed by atoms with Crippen molar-refractivity contribution in [2.75, 3.05) is 32.7 Å². The molecule has 2 heterocycles. The van der Waals surface area contributed by atoms with Crippen molar-refractivity contribution in [2.24, 2.45) is 11.3 Å². The summed E-state index contributed by atoms with van der Waals surface area (Å²) in [4.78, 5) is 2.60. The Morgan fingerprint density at radius 3 is 2.56 bits per heavy atom. The van der Waals surface area contributed by atoms with Gasteiger partial charge in [0.1, 0.15) is 0 Å². The molecule has 0 atom stereocenters. The highest BCUT2D eigenvalue weighted by Crippen LogP contribution is 2.30. The zero-order valence-electron chi connectivity index (χ0n) is 11.1. The summed E-state index contributed by atoms with van der Waals surface area (Å²) >= 11 is 0. The van der Waals surface area contributed by atoms with Gasteiger partial charge in [0, 0.05) is 13.1 Å². The highest BCUT2D eigenvalue weighted by molar-refractivity contribution is 5.14. The van der Waals surface area contributed by atoms with Crippen LogP contribution in [-0.2, 0) is 0 Å². The van der Waals surface area contributed by atoms with Crippen molar-refractivity contribution in [3.05, 3.63) is 11.6 Å². The zero-order valence-corrected chi connectivity index (χ0v) is 11.1. The topological polar surface area (TPSA) is 15.3 Å². The van der Waals surface area contributed by atoms with Gasteiger partial charge in [0.15, 0.2) is 0 Å². The Kier molecular flexibility index (Phi) is 3.70. The lowest BCUT2D eigenvalue weighted by atomic mass is 9.83. The van der Waals surface area contributed by atoms with E-state index in [0.29, 0.717) is 5.41 Å². The average Bonchev–Trinajstić information content (AvgIpc) is 2.15. The fourth-order valence-corrected chi connectivity index (χ4v) is 2.51. The second-order valence-corrected chi connectivity index (χ2v) is 6.34. The normalized spacial score (nSPS) is 24.1. The molecule has 0 radical (unpaired) electrons. The van der Waals surface area contributed by atoms with Gasteiger partial charge in [-0.15, -0.1) is 0 Å². The minimum atomic E-state index is 0.379. The Morgan fingerprint density at radius 2 is 2.12 bits per heavy atom. The molecule has 0 aliphatic carbocycles. The number of hydrogen-bond donors (Lipinski definition) is 1. The molecule has 2 heteroatoms. The fraction of sp³-hybridized carbons (Fsp3) is 0.857. The predicted molar refractivity (Wildman–Crippen MR) is 69.6 cm³/mol. The van der Waals surface area contributed by atoms with Gasteiger partial charge in [-0.2, -0.15) is 0 Å². The van der Waals surface area contributed by atoms with Crippen molar-refractivity contribution < 1.29 is 0 Å². The van der Waals surface area contributed by atoms with E-state index in [9.17, 15) is 0 Å². The Morgan fingerprint density at radius 1 is 1.38 bits per heavy atom. The molecule has 1 N–H and O–H groups in total. The quantitative estimate of drug-likeness (QED) is 0.737. The number of nitrogens with one attached hydrogen (secondary N) is 1. The van der Waals surface area contributed by atoms with Crippen LogP contribution in [0.5, 0.6) is 0 Å². The van der Waals surface area contributed by atoms with Crippen LogP contribution in [0.1, 0.15) is 33.6 Å². The first kappa shape index (κ1) is 12.1. The lowest BCUT2D eigenvalue weighted by molar-refractivity contribution is 0.230. The lowest BCUT2D eigenvalue weighted by Crippen LogP contribution is -2.44. The minimum Gasteiger partial charge on any atom is -0.316 e. The molecule has 0 saturated carbocycles. The molecule has 1 saturated heterocycles. The Bertz CT molecular complexity index is 258. The summed E-state index contributed by atoms with van der Waals surface area (Å²) in [5.41, 5.74) is 2.03. The third-order valence-corrected chi connectivity index (χ3v) is 3.98. The highest BCUT2D eigenvalue weighted by atomic mass is 15.1. The van der Waals surface area contributed by atoms with Crippen LogP contribution in [0.25, 0.3) is 0 Å². The van der Waals surface area contributed by atoms with Crippen molar-refractivity contribution in [1.82, 2.24) is 10.2 Å². The van der Waals surface area contributed by atoms with Gasteiger partial charge < -0.3 is 5.32 Å². The summed E-state index contributed by atoms with van der Waals surface area (Å²) in [7, 11) is 0. The maximum absolute atomic E-state index is 3.35. The summed E-state index contributed by atoms with van der Waals surface area (Å²) in [6.45, 7) is 13.2. The first-order valence-electron chi connectivity index (χ1n) is 6.68. The second-order valence-electron chi connectivity index (χ2n) is 6.34. The second kappa shape index (κ2) is 4.89. The third kappa shape index (κ3) is 3.08. The summed E-state index contributed by atoms with van der Waals surface area (Å²) in [5.74, 6) is 0.952. The van der Waals surface area contributed by atoms with E-state index in [0.717, 1.165) is 5.92 Å². The molecule has 2 nitrogen and oxygen atoms in total. The Labute approximate surface area is 100 Å². The summed E-state index contributed by atoms with van der Waals surface area (Å²) in [6.07, 6.45) is 5.11. The maximum atomic E-state index is 3.35. The first-order valence-corrected chi connectivity index (χ1v) is 6.68. The van der Waals surface area contributed by atoms with Crippen LogP contribution in [0.2, 0.25) is 0 Å². The van der Waals surface area contributed by atoms with Crippen molar-refractivity contribution in [1.29, 1.82) is 0 Å². The molecule has 2 rings (SSSR count). The highest BCUT2D eigenvalue weighted by Gasteiger charge is 2.22. The average molecular weight is 222 g/mol. The number of hydrogen-bond acceptors (Lipinski definition) is 2. The molecule has 16 heavy (non-hydrogen) atoms. The molecule has 0 spiro atoms. The number of nitrogens with zero attached hydrogens (tertiary/aromatic N) is 1. The standard InChI is InChI=1S/C14H26N2/c1-14(2,3)13-5-8-16(9-6-13)7-4-12-10-15-11-12/h5,12,15H,4,6-11H2,1-3H3. The summed E-state index contributed by atoms with van der Waals surface area (Å²) < 4.78 is 0. The minimum absolute atomic E-state index is 0.379. The van der Waals surface area contributed by atoms with E-state index in [2.05, 4.69) is 37.1 Å². The molecule has 92 valence electrons. The maximum Gasteiger partial charge on any atom is 0.0166 e. The zero-order chi connectivity index (χ0) is 11.6. The predicted octanol–water partition coefficient (Wildman–Crippen LogP) is 2.27. The summed E-state index contributed by atoms with van der Waals surface area (Å²) in [6, 6.07) is 0. The van der Waals surface area contributed by atoms with Crippen LogP contribution in [0.4, 0.5) is 0 Å². The Balaban J connectivity index is 1.73. The molecule has 0 bridgehead atoms. The van der Waals surface area contributed by atoms with Gasteiger partial charge >= 0.3 is 0 Å². The van der Waals surface area contributed by atoms with Gasteiger partial charge in [-0.3, -0.25) is 4.90 Å². The molecule has 0 aromatic carbocycles.